The number of nitrogens with one attached hydrogen (secondary N) is 1. The summed E-state index contributed by atoms with van der Waals surface area (Å²) in [7, 11) is 0. The minimum Gasteiger partial charge on any atom is -0.459 e. The highest BCUT2D eigenvalue weighted by atomic mass is 16.3. The van der Waals surface area contributed by atoms with Gasteiger partial charge in [-0.3, -0.25) is 9.59 Å². The van der Waals surface area contributed by atoms with Gasteiger partial charge in [0.25, 0.3) is 5.91 Å². The molecule has 1 aliphatic heterocycles. The van der Waals surface area contributed by atoms with Crippen molar-refractivity contribution in [3.63, 3.8) is 0 Å². The summed E-state index contributed by atoms with van der Waals surface area (Å²) >= 11 is 0. The van der Waals surface area contributed by atoms with E-state index >= 15 is 0 Å². The molecule has 6 heteroatoms. The largest absolute Gasteiger partial charge is 0.459 e. The Morgan fingerprint density at radius 1 is 1.52 bits per heavy atom. The Bertz CT molecular complexity index is 484. The van der Waals surface area contributed by atoms with Gasteiger partial charge in [-0.1, -0.05) is 13.8 Å². The first kappa shape index (κ1) is 15.6. The summed E-state index contributed by atoms with van der Waals surface area (Å²) in [5.74, 6) is -0.152. The lowest BCUT2D eigenvalue weighted by Gasteiger charge is -2.24. The van der Waals surface area contributed by atoms with Crippen molar-refractivity contribution >= 4 is 11.8 Å². The number of aliphatic hydroxyl groups excluding tert-OH is 1. The van der Waals surface area contributed by atoms with Crippen LogP contribution >= 0.6 is 0 Å². The van der Waals surface area contributed by atoms with Gasteiger partial charge in [0.15, 0.2) is 5.76 Å². The van der Waals surface area contributed by atoms with E-state index in [4.69, 9.17) is 4.42 Å². The predicted molar refractivity (Wildman–Crippen MR) is 76.6 cm³/mol. The monoisotopic (exact) mass is 294 g/mol. The predicted octanol–water partition coefficient (Wildman–Crippen LogP) is 1.02. The first-order chi connectivity index (χ1) is 10.0. The molecule has 2 amide bonds. The van der Waals surface area contributed by atoms with Crippen LogP contribution in [0.2, 0.25) is 0 Å². The van der Waals surface area contributed by atoms with E-state index in [2.05, 4.69) is 5.32 Å². The maximum Gasteiger partial charge on any atom is 0.290 e. The summed E-state index contributed by atoms with van der Waals surface area (Å²) in [6, 6.07) is 2.76. The Kier molecular flexibility index (Phi) is 5.01. The summed E-state index contributed by atoms with van der Waals surface area (Å²) in [6.07, 6.45) is 2.29. The minimum absolute atomic E-state index is 0.0785. The molecule has 2 atom stereocenters. The Morgan fingerprint density at radius 3 is 2.90 bits per heavy atom. The molecule has 1 aromatic rings. The van der Waals surface area contributed by atoms with Crippen molar-refractivity contribution < 1.29 is 19.1 Å². The topological polar surface area (TPSA) is 82.8 Å². The number of amides is 2. The lowest BCUT2D eigenvalue weighted by atomic mass is 10.1. The quantitative estimate of drug-likeness (QED) is 0.849. The van der Waals surface area contributed by atoms with Crippen LogP contribution < -0.4 is 5.32 Å². The average Bonchev–Trinajstić information content (AvgIpc) is 3.13. The van der Waals surface area contributed by atoms with E-state index in [1.807, 2.05) is 13.8 Å². The lowest BCUT2D eigenvalue weighted by molar-refractivity contribution is -0.125. The van der Waals surface area contributed by atoms with Gasteiger partial charge >= 0.3 is 0 Å². The summed E-state index contributed by atoms with van der Waals surface area (Å²) in [6.45, 7) is 4.53. The van der Waals surface area contributed by atoms with E-state index in [0.717, 1.165) is 6.42 Å². The normalized spacial score (nSPS) is 19.8. The molecular weight excluding hydrogens is 272 g/mol. The van der Waals surface area contributed by atoms with Gasteiger partial charge in [0, 0.05) is 13.1 Å². The van der Waals surface area contributed by atoms with Crippen LogP contribution in [0.4, 0.5) is 0 Å². The highest BCUT2D eigenvalue weighted by molar-refractivity contribution is 5.95. The van der Waals surface area contributed by atoms with Crippen LogP contribution in [0.15, 0.2) is 22.8 Å². The van der Waals surface area contributed by atoms with Crippen molar-refractivity contribution in [1.29, 1.82) is 0 Å². The molecule has 1 saturated heterocycles. The maximum atomic E-state index is 12.3. The van der Waals surface area contributed by atoms with Gasteiger partial charge in [-0.05, 0) is 30.9 Å². The Hall–Kier alpha value is -1.82. The standard InChI is InChI=1S/C15H22N2O4/c1-10(2)12(18)9-16-14(19)11-5-3-7-17(11)15(20)13-6-4-8-21-13/h4,6,8,10-12,18H,3,5,7,9H2,1-2H3,(H,16,19). The van der Waals surface area contributed by atoms with E-state index in [0.29, 0.717) is 13.0 Å². The zero-order valence-corrected chi connectivity index (χ0v) is 12.4. The second-order valence-electron chi connectivity index (χ2n) is 5.69. The summed E-state index contributed by atoms with van der Waals surface area (Å²) in [4.78, 5) is 26.0. The molecule has 2 heterocycles. The van der Waals surface area contributed by atoms with Crippen molar-refractivity contribution in [2.75, 3.05) is 13.1 Å². The highest BCUT2D eigenvalue weighted by Gasteiger charge is 2.35. The number of likely N-dealkylation sites (tertiary alicyclic amines) is 1. The van der Waals surface area contributed by atoms with Gasteiger partial charge in [0.1, 0.15) is 6.04 Å². The van der Waals surface area contributed by atoms with E-state index in [1.165, 1.54) is 11.2 Å². The molecule has 1 fully saturated rings. The van der Waals surface area contributed by atoms with Crippen molar-refractivity contribution in [3.8, 4) is 0 Å². The van der Waals surface area contributed by atoms with Crippen LogP contribution in [0.5, 0.6) is 0 Å². The van der Waals surface area contributed by atoms with Crippen molar-refractivity contribution in [1.82, 2.24) is 10.2 Å². The summed E-state index contributed by atoms with van der Waals surface area (Å²) in [5.41, 5.74) is 0. The van der Waals surface area contributed by atoms with Crippen molar-refractivity contribution in [3.05, 3.63) is 24.2 Å². The second-order valence-corrected chi connectivity index (χ2v) is 5.69. The fraction of sp³-hybridized carbons (Fsp3) is 0.600. The average molecular weight is 294 g/mol. The van der Waals surface area contributed by atoms with Gasteiger partial charge in [0.05, 0.1) is 12.4 Å². The zero-order valence-electron chi connectivity index (χ0n) is 12.4. The molecule has 0 aromatic carbocycles. The Morgan fingerprint density at radius 2 is 2.29 bits per heavy atom. The number of furan rings is 1. The number of rotatable bonds is 5. The van der Waals surface area contributed by atoms with Crippen LogP contribution in [-0.2, 0) is 4.79 Å². The summed E-state index contributed by atoms with van der Waals surface area (Å²) in [5, 5.41) is 12.5. The SMILES string of the molecule is CC(C)C(O)CNC(=O)C1CCCN1C(=O)c1ccco1. The van der Waals surface area contributed by atoms with Gasteiger partial charge in [-0.2, -0.15) is 0 Å². The number of aliphatic hydroxyl groups is 1. The number of carbonyl (C=O) groups is 2. The molecule has 6 nitrogen and oxygen atoms in total. The molecule has 0 aliphatic carbocycles. The zero-order chi connectivity index (χ0) is 15.4. The van der Waals surface area contributed by atoms with Gasteiger partial charge in [-0.15, -0.1) is 0 Å². The Labute approximate surface area is 124 Å². The first-order valence-corrected chi connectivity index (χ1v) is 7.31. The molecule has 2 N–H and O–H groups in total. The molecule has 2 unspecified atom stereocenters. The number of carbonyl (C=O) groups excluding carboxylic acids is 2. The fourth-order valence-electron chi connectivity index (χ4n) is 2.38. The first-order valence-electron chi connectivity index (χ1n) is 7.31. The smallest absolute Gasteiger partial charge is 0.290 e. The van der Waals surface area contributed by atoms with Gasteiger partial charge in [-0.25, -0.2) is 0 Å². The molecule has 0 saturated carbocycles. The minimum atomic E-state index is -0.579. The number of hydrogen-bond donors (Lipinski definition) is 2. The van der Waals surface area contributed by atoms with Crippen molar-refractivity contribution in [2.24, 2.45) is 5.92 Å². The van der Waals surface area contributed by atoms with Gasteiger partial charge < -0.3 is 19.7 Å². The molecule has 116 valence electrons. The lowest BCUT2D eigenvalue weighted by Crippen LogP contribution is -2.47. The fourth-order valence-corrected chi connectivity index (χ4v) is 2.38. The van der Waals surface area contributed by atoms with Crippen LogP contribution in [-0.4, -0.2) is 47.1 Å². The third kappa shape index (κ3) is 3.64. The molecule has 1 aromatic heterocycles. The van der Waals surface area contributed by atoms with Crippen LogP contribution in [0.25, 0.3) is 0 Å². The van der Waals surface area contributed by atoms with Crippen molar-refractivity contribution in [2.45, 2.75) is 38.8 Å². The van der Waals surface area contributed by atoms with E-state index in [-0.39, 0.29) is 30.0 Å². The molecular formula is C15H22N2O4. The van der Waals surface area contributed by atoms with Crippen LogP contribution in [0.3, 0.4) is 0 Å². The van der Waals surface area contributed by atoms with Crippen LogP contribution in [0, 0.1) is 5.92 Å². The molecule has 1 aliphatic rings. The highest BCUT2D eigenvalue weighted by Crippen LogP contribution is 2.20. The van der Waals surface area contributed by atoms with Crippen LogP contribution in [0.1, 0.15) is 37.2 Å². The molecule has 21 heavy (non-hydrogen) atoms. The number of hydrogen-bond acceptors (Lipinski definition) is 4. The molecule has 0 radical (unpaired) electrons. The maximum absolute atomic E-state index is 12.3. The second kappa shape index (κ2) is 6.76. The number of nitrogens with zero attached hydrogens (tertiary/aromatic N) is 1. The molecule has 0 spiro atoms. The Balaban J connectivity index is 1.95. The third-order valence-electron chi connectivity index (χ3n) is 3.80. The third-order valence-corrected chi connectivity index (χ3v) is 3.80. The van der Waals surface area contributed by atoms with E-state index in [1.54, 1.807) is 12.1 Å². The van der Waals surface area contributed by atoms with E-state index < -0.39 is 12.1 Å². The molecule has 0 bridgehead atoms. The summed E-state index contributed by atoms with van der Waals surface area (Å²) < 4.78 is 5.10. The van der Waals surface area contributed by atoms with Gasteiger partial charge in [0.2, 0.25) is 5.91 Å². The van der Waals surface area contributed by atoms with E-state index in [9.17, 15) is 14.7 Å². The molecule has 2 rings (SSSR count).